The molecule has 0 unspecified atom stereocenters. The molecule has 2 rings (SSSR count). The fraction of sp³-hybridized carbons (Fsp3) is 0.182. The van der Waals surface area contributed by atoms with Crippen LogP contribution in [0.15, 0.2) is 24.5 Å². The number of nitriles is 1. The van der Waals surface area contributed by atoms with E-state index < -0.39 is 0 Å². The molecule has 0 radical (unpaired) electrons. The summed E-state index contributed by atoms with van der Waals surface area (Å²) >= 11 is 0. The molecule has 0 saturated carbocycles. The quantitative estimate of drug-likeness (QED) is 0.813. The van der Waals surface area contributed by atoms with Gasteiger partial charge in [-0.15, -0.1) is 0 Å². The highest BCUT2D eigenvalue weighted by atomic mass is 15.3. The second-order valence-corrected chi connectivity index (χ2v) is 3.58. The van der Waals surface area contributed by atoms with Crippen molar-refractivity contribution in [1.29, 1.82) is 5.26 Å². The molecular weight excluding hydrogens is 216 g/mol. The van der Waals surface area contributed by atoms with Crippen LogP contribution < -0.4 is 11.1 Å². The first-order chi connectivity index (χ1) is 8.20. The maximum atomic E-state index is 8.64. The maximum absolute atomic E-state index is 8.64. The predicted molar refractivity (Wildman–Crippen MR) is 63.9 cm³/mol. The van der Waals surface area contributed by atoms with Gasteiger partial charge in [0, 0.05) is 25.4 Å². The summed E-state index contributed by atoms with van der Waals surface area (Å²) in [5.74, 6) is 1.33. The molecule has 0 saturated heterocycles. The third kappa shape index (κ3) is 2.34. The van der Waals surface area contributed by atoms with Gasteiger partial charge in [0.1, 0.15) is 17.7 Å². The second-order valence-electron chi connectivity index (χ2n) is 3.58. The molecule has 2 aromatic rings. The van der Waals surface area contributed by atoms with Gasteiger partial charge in [0.15, 0.2) is 0 Å². The lowest BCUT2D eigenvalue weighted by molar-refractivity contribution is 0.778. The number of aromatic nitrogens is 3. The van der Waals surface area contributed by atoms with Crippen LogP contribution in [-0.2, 0) is 13.6 Å². The summed E-state index contributed by atoms with van der Waals surface area (Å²) in [5.41, 5.74) is 7.26. The van der Waals surface area contributed by atoms with Gasteiger partial charge in [-0.05, 0) is 12.1 Å². The van der Waals surface area contributed by atoms with E-state index in [9.17, 15) is 0 Å². The minimum Gasteiger partial charge on any atom is -0.384 e. The third-order valence-electron chi connectivity index (χ3n) is 2.42. The van der Waals surface area contributed by atoms with Gasteiger partial charge < -0.3 is 11.1 Å². The molecule has 17 heavy (non-hydrogen) atoms. The van der Waals surface area contributed by atoms with Gasteiger partial charge in [-0.2, -0.15) is 10.4 Å². The van der Waals surface area contributed by atoms with Crippen LogP contribution in [0.4, 0.5) is 11.6 Å². The molecule has 0 atom stereocenters. The minimum atomic E-state index is 0.538. The average Bonchev–Trinajstić information content (AvgIpc) is 2.68. The first-order valence-corrected chi connectivity index (χ1v) is 5.07. The molecule has 6 nitrogen and oxygen atoms in total. The lowest BCUT2D eigenvalue weighted by Gasteiger charge is -2.04. The Morgan fingerprint density at radius 3 is 2.82 bits per heavy atom. The van der Waals surface area contributed by atoms with E-state index in [4.69, 9.17) is 11.0 Å². The fourth-order valence-corrected chi connectivity index (χ4v) is 1.38. The van der Waals surface area contributed by atoms with Crippen molar-refractivity contribution >= 4 is 11.6 Å². The summed E-state index contributed by atoms with van der Waals surface area (Å²) in [6.45, 7) is 0.554. The van der Waals surface area contributed by atoms with Crippen LogP contribution >= 0.6 is 0 Å². The number of anilines is 2. The Morgan fingerprint density at radius 1 is 1.47 bits per heavy atom. The lowest BCUT2D eigenvalue weighted by atomic mass is 10.3. The Kier molecular flexibility index (Phi) is 2.92. The number of nitrogens with one attached hydrogen (secondary N) is 1. The molecule has 86 valence electrons. The number of hydrogen-bond donors (Lipinski definition) is 2. The SMILES string of the molecule is Cn1ncc(CNc2ccc(C#N)cn2)c1N. The van der Waals surface area contributed by atoms with Crippen LogP contribution in [0.3, 0.4) is 0 Å². The molecule has 0 fully saturated rings. The molecule has 0 aromatic carbocycles. The van der Waals surface area contributed by atoms with Crippen molar-refractivity contribution in [3.05, 3.63) is 35.7 Å². The smallest absolute Gasteiger partial charge is 0.126 e. The standard InChI is InChI=1S/C11H12N6/c1-17-11(13)9(7-16-17)6-15-10-3-2-8(4-12)5-14-10/h2-3,5,7H,6,13H2,1H3,(H,14,15). The Bertz CT molecular complexity index is 548. The number of nitrogen functional groups attached to an aromatic ring is 1. The van der Waals surface area contributed by atoms with Gasteiger partial charge in [-0.1, -0.05) is 0 Å². The van der Waals surface area contributed by atoms with E-state index in [1.54, 1.807) is 30.1 Å². The Labute approximate surface area is 98.7 Å². The topological polar surface area (TPSA) is 92.5 Å². The third-order valence-corrected chi connectivity index (χ3v) is 2.42. The molecular formula is C11H12N6. The van der Waals surface area contributed by atoms with E-state index in [1.807, 2.05) is 6.07 Å². The predicted octanol–water partition coefficient (Wildman–Crippen LogP) is 0.881. The summed E-state index contributed by atoms with van der Waals surface area (Å²) in [6.07, 6.45) is 3.24. The molecule has 0 aliphatic rings. The van der Waals surface area contributed by atoms with Crippen LogP contribution in [-0.4, -0.2) is 14.8 Å². The average molecular weight is 228 g/mol. The van der Waals surface area contributed by atoms with E-state index in [0.717, 1.165) is 5.56 Å². The van der Waals surface area contributed by atoms with Gasteiger partial charge in [0.05, 0.1) is 11.8 Å². The fourth-order valence-electron chi connectivity index (χ4n) is 1.38. The van der Waals surface area contributed by atoms with Crippen molar-refractivity contribution in [2.45, 2.75) is 6.54 Å². The highest BCUT2D eigenvalue weighted by Crippen LogP contribution is 2.12. The van der Waals surface area contributed by atoms with Crippen molar-refractivity contribution < 1.29 is 0 Å². The summed E-state index contributed by atoms with van der Waals surface area (Å²) in [4.78, 5) is 4.10. The maximum Gasteiger partial charge on any atom is 0.126 e. The molecule has 0 bridgehead atoms. The van der Waals surface area contributed by atoms with Crippen LogP contribution in [0.1, 0.15) is 11.1 Å². The minimum absolute atomic E-state index is 0.538. The Morgan fingerprint density at radius 2 is 2.29 bits per heavy atom. The zero-order valence-electron chi connectivity index (χ0n) is 9.38. The summed E-state index contributed by atoms with van der Waals surface area (Å²) in [6, 6.07) is 5.48. The second kappa shape index (κ2) is 4.53. The van der Waals surface area contributed by atoms with Crippen LogP contribution in [0.5, 0.6) is 0 Å². The van der Waals surface area contributed by atoms with Gasteiger partial charge in [-0.25, -0.2) is 4.98 Å². The first-order valence-electron chi connectivity index (χ1n) is 5.07. The number of hydrogen-bond acceptors (Lipinski definition) is 5. The Hall–Kier alpha value is -2.55. The summed E-state index contributed by atoms with van der Waals surface area (Å²) in [5, 5.41) is 15.8. The zero-order chi connectivity index (χ0) is 12.3. The van der Waals surface area contributed by atoms with E-state index in [2.05, 4.69) is 15.4 Å². The molecule has 0 amide bonds. The van der Waals surface area contributed by atoms with E-state index in [1.165, 1.54) is 6.20 Å². The summed E-state index contributed by atoms with van der Waals surface area (Å²) < 4.78 is 1.61. The van der Waals surface area contributed by atoms with Crippen molar-refractivity contribution in [1.82, 2.24) is 14.8 Å². The molecule has 0 aliphatic heterocycles. The van der Waals surface area contributed by atoms with Crippen LogP contribution in [0.25, 0.3) is 0 Å². The number of nitrogens with two attached hydrogens (primary N) is 1. The van der Waals surface area contributed by atoms with Gasteiger partial charge >= 0.3 is 0 Å². The van der Waals surface area contributed by atoms with Crippen molar-refractivity contribution in [3.8, 4) is 6.07 Å². The monoisotopic (exact) mass is 228 g/mol. The van der Waals surface area contributed by atoms with E-state index in [-0.39, 0.29) is 0 Å². The molecule has 3 N–H and O–H groups in total. The van der Waals surface area contributed by atoms with Crippen molar-refractivity contribution in [3.63, 3.8) is 0 Å². The number of pyridine rings is 1. The molecule has 2 aromatic heterocycles. The number of aryl methyl sites for hydroxylation is 1. The Balaban J connectivity index is 2.03. The molecule has 6 heteroatoms. The highest BCUT2D eigenvalue weighted by Gasteiger charge is 2.04. The van der Waals surface area contributed by atoms with Crippen LogP contribution in [0, 0.1) is 11.3 Å². The van der Waals surface area contributed by atoms with E-state index in [0.29, 0.717) is 23.7 Å². The number of rotatable bonds is 3. The summed E-state index contributed by atoms with van der Waals surface area (Å²) in [7, 11) is 1.79. The molecule has 2 heterocycles. The highest BCUT2D eigenvalue weighted by molar-refractivity contribution is 5.44. The largest absolute Gasteiger partial charge is 0.384 e. The van der Waals surface area contributed by atoms with Gasteiger partial charge in [0.25, 0.3) is 0 Å². The van der Waals surface area contributed by atoms with Gasteiger partial charge in [-0.3, -0.25) is 4.68 Å². The normalized spacial score (nSPS) is 9.88. The van der Waals surface area contributed by atoms with E-state index >= 15 is 0 Å². The van der Waals surface area contributed by atoms with Gasteiger partial charge in [0.2, 0.25) is 0 Å². The molecule has 0 spiro atoms. The number of nitrogens with zero attached hydrogens (tertiary/aromatic N) is 4. The van der Waals surface area contributed by atoms with Crippen LogP contribution in [0.2, 0.25) is 0 Å². The molecule has 0 aliphatic carbocycles. The van der Waals surface area contributed by atoms with Crippen molar-refractivity contribution in [2.24, 2.45) is 7.05 Å². The lowest BCUT2D eigenvalue weighted by Crippen LogP contribution is -2.04. The first kappa shape index (κ1) is 11.0. The van der Waals surface area contributed by atoms with Crippen molar-refractivity contribution in [2.75, 3.05) is 11.1 Å². The zero-order valence-corrected chi connectivity index (χ0v) is 9.38.